The van der Waals surface area contributed by atoms with Crippen molar-refractivity contribution >= 4 is 68.8 Å². The van der Waals surface area contributed by atoms with Gasteiger partial charge in [0.15, 0.2) is 5.13 Å². The number of hydrogen-bond donors (Lipinski definition) is 4. The van der Waals surface area contributed by atoms with Gasteiger partial charge < -0.3 is 40.2 Å². The highest BCUT2D eigenvalue weighted by Crippen LogP contribution is 2.46. The first-order valence-corrected chi connectivity index (χ1v) is 21.3. The van der Waals surface area contributed by atoms with Gasteiger partial charge >= 0.3 is 12.1 Å². The van der Waals surface area contributed by atoms with Crippen LogP contribution in [0.3, 0.4) is 0 Å². The van der Waals surface area contributed by atoms with Crippen LogP contribution in [0, 0.1) is 5.92 Å². The number of nitrogens with zero attached hydrogens (tertiary/aromatic N) is 3. The molecule has 4 N–H and O–H groups in total. The van der Waals surface area contributed by atoms with Crippen LogP contribution in [0.1, 0.15) is 90.4 Å². The zero-order valence-corrected chi connectivity index (χ0v) is 34.2. The van der Waals surface area contributed by atoms with Gasteiger partial charge in [-0.2, -0.15) is 0 Å². The van der Waals surface area contributed by atoms with E-state index in [-0.39, 0.29) is 42.3 Å². The van der Waals surface area contributed by atoms with E-state index in [4.69, 9.17) is 30.8 Å². The summed E-state index contributed by atoms with van der Waals surface area (Å²) in [5.74, 6) is -2.04. The van der Waals surface area contributed by atoms with E-state index in [9.17, 15) is 29.1 Å². The van der Waals surface area contributed by atoms with Crippen molar-refractivity contribution < 1.29 is 43.3 Å². The van der Waals surface area contributed by atoms with Gasteiger partial charge in [-0.3, -0.25) is 14.4 Å². The Morgan fingerprint density at radius 1 is 1.05 bits per heavy atom. The molecule has 4 amide bonds. The molecule has 0 bridgehead atoms. The number of fused-ring (bicyclic) bond motifs is 3. The van der Waals surface area contributed by atoms with Gasteiger partial charge in [0.2, 0.25) is 17.7 Å². The molecule has 58 heavy (non-hydrogen) atoms. The minimum atomic E-state index is -1.49. The van der Waals surface area contributed by atoms with E-state index in [0.29, 0.717) is 64.6 Å². The number of methoxy groups -OCH3 is 1. The first-order valence-electron chi connectivity index (χ1n) is 20.1. The number of aromatic nitrogens is 2. The molecule has 2 saturated carbocycles. The predicted molar refractivity (Wildman–Crippen MR) is 217 cm³/mol. The molecular formula is C41H49ClN6O9S. The molecule has 1 saturated heterocycles. The third-order valence-electron chi connectivity index (χ3n) is 11.3. The predicted octanol–water partition coefficient (Wildman–Crippen LogP) is 6.62. The van der Waals surface area contributed by atoms with Crippen LogP contribution in [0.2, 0.25) is 5.02 Å². The molecule has 1 aromatic carbocycles. The third-order valence-corrected chi connectivity index (χ3v) is 12.5. The molecule has 2 aliphatic carbocycles. The molecule has 0 unspecified atom stereocenters. The Balaban J connectivity index is 1.21. The van der Waals surface area contributed by atoms with Gasteiger partial charge in [0.05, 0.1) is 24.9 Å². The Morgan fingerprint density at radius 3 is 2.60 bits per heavy atom. The lowest BCUT2D eigenvalue weighted by atomic mass is 10.0. The number of anilines is 1. The number of carbonyl (C=O) groups is 5. The lowest BCUT2D eigenvalue weighted by Crippen LogP contribution is -2.56. The summed E-state index contributed by atoms with van der Waals surface area (Å²) in [6.45, 7) is 1.88. The SMILES string of the molecule is CCCC(=O)Nc1nc(-c2cc(O[C@@H]3C[C@H]4C(=O)N[C@]5(C(=O)O)C[C@@H]5/C=C\CCCCC[C@H](NC(=O)OC5CCCC5)C(=O)N4C3)c3ccc(OC)c(Cl)c3n2)cs1. The number of ether oxygens (including phenoxy) is 3. The maximum Gasteiger partial charge on any atom is 0.408 e. The Labute approximate surface area is 345 Å². The molecular weight excluding hydrogens is 788 g/mol. The lowest BCUT2D eigenvalue weighted by Gasteiger charge is -2.29. The molecule has 17 heteroatoms. The Hall–Kier alpha value is -4.96. The fourth-order valence-electron chi connectivity index (χ4n) is 8.11. The van der Waals surface area contributed by atoms with Gasteiger partial charge in [0.25, 0.3) is 0 Å². The van der Waals surface area contributed by atoms with Crippen LogP contribution in [-0.2, 0) is 23.9 Å². The zero-order chi connectivity index (χ0) is 41.0. The first kappa shape index (κ1) is 41.2. The van der Waals surface area contributed by atoms with Crippen LogP contribution < -0.4 is 25.4 Å². The number of amides is 4. The number of thiazole rings is 1. The van der Waals surface area contributed by atoms with Gasteiger partial charge in [-0.1, -0.05) is 43.5 Å². The van der Waals surface area contributed by atoms with Crippen molar-refractivity contribution in [3.63, 3.8) is 0 Å². The van der Waals surface area contributed by atoms with E-state index in [2.05, 4.69) is 20.9 Å². The van der Waals surface area contributed by atoms with Gasteiger partial charge in [-0.15, -0.1) is 11.3 Å². The Kier molecular flexibility index (Phi) is 12.7. The number of nitrogens with one attached hydrogen (secondary N) is 3. The molecule has 4 aliphatic rings. The normalized spacial score (nSPS) is 25.7. The number of aliphatic carboxylic acids is 1. The highest BCUT2D eigenvalue weighted by molar-refractivity contribution is 7.14. The number of carbonyl (C=O) groups excluding carboxylic acids is 4. The van der Waals surface area contributed by atoms with Crippen LogP contribution in [0.5, 0.6) is 11.5 Å². The van der Waals surface area contributed by atoms with Crippen molar-refractivity contribution in [2.75, 3.05) is 19.0 Å². The topological polar surface area (TPSA) is 198 Å². The molecule has 3 aromatic rings. The quantitative estimate of drug-likeness (QED) is 0.160. The van der Waals surface area contributed by atoms with Gasteiger partial charge in [0, 0.05) is 35.6 Å². The number of carboxylic acid groups (broad SMARTS) is 1. The van der Waals surface area contributed by atoms with Crippen LogP contribution >= 0.6 is 22.9 Å². The van der Waals surface area contributed by atoms with Crippen molar-refractivity contribution in [2.24, 2.45) is 5.92 Å². The minimum Gasteiger partial charge on any atom is -0.495 e. The van der Waals surface area contributed by atoms with Crippen LogP contribution in [0.15, 0.2) is 35.7 Å². The fourth-order valence-corrected chi connectivity index (χ4v) is 9.12. The largest absolute Gasteiger partial charge is 0.495 e. The number of carboxylic acids is 1. The molecule has 0 spiro atoms. The maximum atomic E-state index is 14.6. The minimum absolute atomic E-state index is 0.0281. The third kappa shape index (κ3) is 9.02. The van der Waals surface area contributed by atoms with Gasteiger partial charge in [-0.25, -0.2) is 19.6 Å². The molecule has 7 rings (SSSR count). The fraction of sp³-hybridized carbons (Fsp3) is 0.537. The summed E-state index contributed by atoms with van der Waals surface area (Å²) < 4.78 is 17.8. The van der Waals surface area contributed by atoms with Gasteiger partial charge in [0.1, 0.15) is 52.0 Å². The summed E-state index contributed by atoms with van der Waals surface area (Å²) in [6, 6.07) is 3.04. The van der Waals surface area contributed by atoms with Crippen molar-refractivity contribution in [1.82, 2.24) is 25.5 Å². The van der Waals surface area contributed by atoms with Crippen LogP contribution in [0.25, 0.3) is 22.3 Å². The molecule has 4 heterocycles. The second-order valence-corrected chi connectivity index (χ2v) is 16.7. The molecule has 310 valence electrons. The highest BCUT2D eigenvalue weighted by Gasteiger charge is 2.61. The molecule has 0 radical (unpaired) electrons. The second kappa shape index (κ2) is 17.9. The number of pyridine rings is 1. The van der Waals surface area contributed by atoms with Crippen LogP contribution in [-0.4, -0.2) is 93.2 Å². The number of allylic oxidation sites excluding steroid dienone is 1. The van der Waals surface area contributed by atoms with Crippen LogP contribution in [0.4, 0.5) is 9.93 Å². The molecule has 3 fully saturated rings. The number of hydrogen-bond acceptors (Lipinski definition) is 11. The molecule has 5 atom stereocenters. The van der Waals surface area contributed by atoms with Gasteiger partial charge in [-0.05, 0) is 69.9 Å². The summed E-state index contributed by atoms with van der Waals surface area (Å²) in [4.78, 5) is 77.7. The van der Waals surface area contributed by atoms with E-state index in [1.165, 1.54) is 23.3 Å². The number of halogens is 1. The number of alkyl carbamates (subject to hydrolysis) is 1. The smallest absolute Gasteiger partial charge is 0.408 e. The molecule has 15 nitrogen and oxygen atoms in total. The zero-order valence-electron chi connectivity index (χ0n) is 32.6. The summed E-state index contributed by atoms with van der Waals surface area (Å²) in [6.07, 6.45) is 10.2. The summed E-state index contributed by atoms with van der Waals surface area (Å²) >= 11 is 8.06. The maximum absolute atomic E-state index is 14.6. The highest BCUT2D eigenvalue weighted by atomic mass is 35.5. The van der Waals surface area contributed by atoms with E-state index >= 15 is 0 Å². The standard InChI is InChI=1S/C41H49ClN6O9S/c1-3-11-33(49)46-39-44-29(22-58-39)28-19-32(26-16-17-31(55-2)34(42)35(26)43-28)56-25-18-30-36(50)47-41(38(52)53)20-23(41)12-7-5-4-6-8-15-27(37(51)48(30)21-25)45-40(54)57-24-13-9-10-14-24/h7,12,16-17,19,22-25,27,30H,3-6,8-11,13-15,18,20-21H2,1-2H3,(H,45,54)(H,47,50)(H,52,53)(H,44,46,49)/b12-7-/t23-,25+,27-,30-,41+/m0/s1. The number of benzene rings is 1. The number of rotatable bonds is 10. The van der Waals surface area contributed by atoms with E-state index in [0.717, 1.165) is 44.9 Å². The first-order chi connectivity index (χ1) is 28.0. The second-order valence-electron chi connectivity index (χ2n) is 15.5. The van der Waals surface area contributed by atoms with E-state index in [1.807, 2.05) is 19.1 Å². The average Bonchev–Trinajstić information content (AvgIpc) is 3.62. The van der Waals surface area contributed by atoms with Crippen molar-refractivity contribution in [2.45, 2.75) is 120 Å². The Bertz CT molecular complexity index is 2090. The average molecular weight is 837 g/mol. The summed E-state index contributed by atoms with van der Waals surface area (Å²) in [5.41, 5.74) is -0.270. The van der Waals surface area contributed by atoms with Crippen molar-refractivity contribution in [1.29, 1.82) is 0 Å². The van der Waals surface area contributed by atoms with Crippen molar-refractivity contribution in [3.05, 3.63) is 40.8 Å². The summed E-state index contributed by atoms with van der Waals surface area (Å²) in [5, 5.41) is 21.6. The lowest BCUT2D eigenvalue weighted by molar-refractivity contribution is -0.145. The van der Waals surface area contributed by atoms with Crippen molar-refractivity contribution in [3.8, 4) is 22.9 Å². The van der Waals surface area contributed by atoms with E-state index in [1.54, 1.807) is 23.6 Å². The molecule has 2 aromatic heterocycles. The molecule has 2 aliphatic heterocycles. The monoisotopic (exact) mass is 836 g/mol. The Morgan fingerprint density at radius 2 is 1.84 bits per heavy atom. The summed E-state index contributed by atoms with van der Waals surface area (Å²) in [7, 11) is 1.49. The van der Waals surface area contributed by atoms with E-state index < -0.39 is 47.6 Å².